The van der Waals surface area contributed by atoms with Gasteiger partial charge in [-0.15, -0.1) is 0 Å². The maximum absolute atomic E-state index is 13.1. The molecule has 0 aliphatic heterocycles. The van der Waals surface area contributed by atoms with Gasteiger partial charge in [-0.25, -0.2) is 0 Å². The summed E-state index contributed by atoms with van der Waals surface area (Å²) in [6.45, 7) is 27.7. The average molecular weight is 654 g/mol. The molecule has 0 aromatic carbocycles. The second-order valence-corrected chi connectivity index (χ2v) is 19.7. The lowest BCUT2D eigenvalue weighted by Crippen LogP contribution is -2.66. The van der Waals surface area contributed by atoms with Gasteiger partial charge < -0.3 is 14.7 Å². The Morgan fingerprint density at radius 1 is 0.894 bits per heavy atom. The smallest absolute Gasteiger partial charge is 0.309 e. The number of carbonyl (C=O) groups excluding carboxylic acids is 1. The number of carboxylic acid groups (broad SMARTS) is 1. The molecular formula is C42H71NO4. The van der Waals surface area contributed by atoms with Gasteiger partial charge in [0.15, 0.2) is 0 Å². The van der Waals surface area contributed by atoms with Crippen LogP contribution in [0.15, 0.2) is 12.2 Å². The SMILES string of the molecule is C=C(C)C1CC[C@]2(CCCN(C)CCC)CC[C@]3(C)[C@H](CC[C@@H]4[C@@]5(C)CC[C@H](OC(=O)CC(C)(C)C(=O)O)C(C)(C)[C@@H]5CC[C@]43C)[C@@H]12. The minimum atomic E-state index is -1.11. The van der Waals surface area contributed by atoms with Gasteiger partial charge in [0.2, 0.25) is 0 Å². The fourth-order valence-electron chi connectivity index (χ4n) is 13.7. The van der Waals surface area contributed by atoms with Crippen molar-refractivity contribution in [3.05, 3.63) is 12.2 Å². The zero-order chi connectivity index (χ0) is 34.8. The Kier molecular flexibility index (Phi) is 10.0. The molecule has 0 aromatic heterocycles. The number of carbonyl (C=O) groups is 2. The predicted octanol–water partition coefficient (Wildman–Crippen LogP) is 10.2. The van der Waals surface area contributed by atoms with Crippen molar-refractivity contribution < 1.29 is 19.4 Å². The van der Waals surface area contributed by atoms with E-state index in [0.29, 0.717) is 34.0 Å². The predicted molar refractivity (Wildman–Crippen MR) is 192 cm³/mol. The van der Waals surface area contributed by atoms with Gasteiger partial charge in [-0.2, -0.15) is 0 Å². The molecule has 268 valence electrons. The molecule has 0 bridgehead atoms. The number of aliphatic carboxylic acids is 1. The van der Waals surface area contributed by atoms with E-state index in [1.54, 1.807) is 13.8 Å². The highest BCUT2D eigenvalue weighted by atomic mass is 16.5. The van der Waals surface area contributed by atoms with Gasteiger partial charge in [-0.1, -0.05) is 53.7 Å². The van der Waals surface area contributed by atoms with E-state index >= 15 is 0 Å². The highest BCUT2D eigenvalue weighted by Crippen LogP contribution is 2.78. The summed E-state index contributed by atoms with van der Waals surface area (Å²) in [7, 11) is 2.31. The number of rotatable bonds is 11. The third-order valence-corrected chi connectivity index (χ3v) is 16.4. The highest BCUT2D eigenvalue weighted by molar-refractivity contribution is 5.81. The summed E-state index contributed by atoms with van der Waals surface area (Å²) >= 11 is 0. The van der Waals surface area contributed by atoms with E-state index in [9.17, 15) is 14.7 Å². The first-order valence-corrected chi connectivity index (χ1v) is 19.6. The summed E-state index contributed by atoms with van der Waals surface area (Å²) in [4.78, 5) is 27.3. The van der Waals surface area contributed by atoms with Crippen LogP contribution in [0.5, 0.6) is 0 Å². The van der Waals surface area contributed by atoms with Crippen molar-refractivity contribution >= 4 is 11.9 Å². The zero-order valence-electron chi connectivity index (χ0n) is 32.1. The molecule has 0 heterocycles. The van der Waals surface area contributed by atoms with Gasteiger partial charge in [0.25, 0.3) is 0 Å². The van der Waals surface area contributed by atoms with E-state index in [4.69, 9.17) is 4.74 Å². The van der Waals surface area contributed by atoms with Crippen LogP contribution in [0.25, 0.3) is 0 Å². The summed E-state index contributed by atoms with van der Waals surface area (Å²) < 4.78 is 6.19. The number of nitrogens with zero attached hydrogens (tertiary/aromatic N) is 1. The molecule has 0 spiro atoms. The fourth-order valence-corrected chi connectivity index (χ4v) is 13.7. The van der Waals surface area contributed by atoms with Crippen LogP contribution in [0.4, 0.5) is 0 Å². The second-order valence-electron chi connectivity index (χ2n) is 19.7. The van der Waals surface area contributed by atoms with Crippen LogP contribution in [-0.4, -0.2) is 48.2 Å². The first-order chi connectivity index (χ1) is 21.8. The second kappa shape index (κ2) is 12.8. The van der Waals surface area contributed by atoms with Crippen molar-refractivity contribution in [1.82, 2.24) is 4.90 Å². The molecule has 5 saturated carbocycles. The molecule has 47 heavy (non-hydrogen) atoms. The van der Waals surface area contributed by atoms with E-state index in [1.165, 1.54) is 89.3 Å². The van der Waals surface area contributed by atoms with Crippen molar-refractivity contribution in [2.75, 3.05) is 20.1 Å². The maximum Gasteiger partial charge on any atom is 0.309 e. The van der Waals surface area contributed by atoms with Crippen LogP contribution in [0, 0.1) is 62.1 Å². The third-order valence-electron chi connectivity index (χ3n) is 16.4. The van der Waals surface area contributed by atoms with Gasteiger partial charge in [0.05, 0.1) is 11.8 Å². The zero-order valence-corrected chi connectivity index (χ0v) is 32.1. The largest absolute Gasteiger partial charge is 0.481 e. The minimum absolute atomic E-state index is 0.0828. The van der Waals surface area contributed by atoms with E-state index in [-0.39, 0.29) is 29.3 Å². The van der Waals surface area contributed by atoms with E-state index in [0.717, 1.165) is 24.7 Å². The van der Waals surface area contributed by atoms with Crippen LogP contribution in [-0.2, 0) is 14.3 Å². The Balaban J connectivity index is 1.38. The van der Waals surface area contributed by atoms with E-state index < -0.39 is 11.4 Å². The van der Waals surface area contributed by atoms with Gasteiger partial charge in [-0.05, 0) is 176 Å². The Bertz CT molecular complexity index is 1210. The molecule has 1 unspecified atom stereocenters. The van der Waals surface area contributed by atoms with Gasteiger partial charge in [-0.3, -0.25) is 9.59 Å². The number of hydrogen-bond donors (Lipinski definition) is 1. The van der Waals surface area contributed by atoms with Crippen molar-refractivity contribution in [3.8, 4) is 0 Å². The minimum Gasteiger partial charge on any atom is -0.481 e. The number of ether oxygens (including phenoxy) is 1. The Hall–Kier alpha value is -1.36. The van der Waals surface area contributed by atoms with Crippen LogP contribution in [0.3, 0.4) is 0 Å². The van der Waals surface area contributed by atoms with Gasteiger partial charge >= 0.3 is 11.9 Å². The highest BCUT2D eigenvalue weighted by Gasteiger charge is 2.71. The summed E-state index contributed by atoms with van der Waals surface area (Å²) in [5.41, 5.74) is 1.54. The molecule has 5 aliphatic rings. The normalized spacial score (nSPS) is 42.5. The van der Waals surface area contributed by atoms with Crippen molar-refractivity contribution in [2.24, 2.45) is 62.1 Å². The summed E-state index contributed by atoms with van der Waals surface area (Å²) in [6.07, 6.45) is 16.3. The first-order valence-electron chi connectivity index (χ1n) is 19.6. The molecule has 5 heteroatoms. The Morgan fingerprint density at radius 2 is 1.60 bits per heavy atom. The van der Waals surface area contributed by atoms with Crippen molar-refractivity contribution in [3.63, 3.8) is 0 Å². The van der Waals surface area contributed by atoms with Gasteiger partial charge in [0, 0.05) is 5.41 Å². The maximum atomic E-state index is 13.1. The lowest BCUT2D eigenvalue weighted by molar-refractivity contribution is -0.250. The van der Waals surface area contributed by atoms with Crippen molar-refractivity contribution in [2.45, 2.75) is 158 Å². The number of allylic oxidation sites excluding steroid dienone is 1. The third kappa shape index (κ3) is 5.97. The monoisotopic (exact) mass is 654 g/mol. The number of esters is 1. The molecule has 0 radical (unpaired) electrons. The molecule has 0 aromatic rings. The molecule has 10 atom stereocenters. The lowest BCUT2D eigenvalue weighted by Gasteiger charge is -2.73. The molecule has 5 fully saturated rings. The Morgan fingerprint density at radius 3 is 2.23 bits per heavy atom. The molecule has 5 aliphatic carbocycles. The van der Waals surface area contributed by atoms with Crippen LogP contribution in [0.1, 0.15) is 152 Å². The fraction of sp³-hybridized carbons (Fsp3) is 0.905. The lowest BCUT2D eigenvalue weighted by atomic mass is 9.32. The quantitative estimate of drug-likeness (QED) is 0.178. The number of hydrogen-bond acceptors (Lipinski definition) is 4. The van der Waals surface area contributed by atoms with Crippen LogP contribution in [0.2, 0.25) is 0 Å². The Labute approximate surface area is 288 Å². The molecule has 0 amide bonds. The number of carboxylic acids is 1. The van der Waals surface area contributed by atoms with Crippen molar-refractivity contribution in [1.29, 1.82) is 0 Å². The standard InChI is InChI=1S/C42H71NO4/c1-12-25-43(11)26-13-19-42-22-16-29(28(2)3)35(42)30-14-15-32-39(8)20-18-33(47-34(44)27-37(4,5)36(45)46)38(6,7)31(39)17-21-41(32,10)40(30,9)23-24-42/h29-33,35H,2,12-27H2,1,3-11H3,(H,45,46)/t29?,30-,31+,32-,33+,35-,39+,40-,41-,42-/m1/s1. The topological polar surface area (TPSA) is 66.8 Å². The van der Waals surface area contributed by atoms with E-state index in [2.05, 4.69) is 67.0 Å². The van der Waals surface area contributed by atoms with Crippen LogP contribution >= 0.6 is 0 Å². The number of fused-ring (bicyclic) bond motifs is 7. The first kappa shape index (κ1) is 36.9. The summed E-state index contributed by atoms with van der Waals surface area (Å²) in [5, 5.41) is 9.59. The molecule has 5 nitrogen and oxygen atoms in total. The summed E-state index contributed by atoms with van der Waals surface area (Å²) in [5.74, 6) is 2.08. The molecule has 5 rings (SSSR count). The molecule has 0 saturated heterocycles. The van der Waals surface area contributed by atoms with Gasteiger partial charge in [0.1, 0.15) is 6.10 Å². The molecule has 1 N–H and O–H groups in total. The summed E-state index contributed by atoms with van der Waals surface area (Å²) in [6, 6.07) is 0. The average Bonchev–Trinajstić information content (AvgIpc) is 3.35. The van der Waals surface area contributed by atoms with E-state index in [1.807, 2.05) is 0 Å². The molecular weight excluding hydrogens is 582 g/mol. The van der Waals surface area contributed by atoms with Crippen LogP contribution < -0.4 is 0 Å².